The van der Waals surface area contributed by atoms with Crippen LogP contribution < -0.4 is 9.47 Å². The molecule has 4 aliphatic rings. The predicted octanol–water partition coefficient (Wildman–Crippen LogP) is 4.79. The maximum absolute atomic E-state index is 13.6. The van der Waals surface area contributed by atoms with Crippen LogP contribution in [0.4, 0.5) is 13.2 Å². The first-order valence-electron chi connectivity index (χ1n) is 13.4. The van der Waals surface area contributed by atoms with E-state index in [0.717, 1.165) is 24.2 Å². The average molecular weight is 543 g/mol. The minimum absolute atomic E-state index is 0.145. The lowest BCUT2D eigenvalue weighted by atomic mass is 9.63. The number of ether oxygens (including phenoxy) is 3. The number of fused-ring (bicyclic) bond motifs is 3. The second-order valence-electron chi connectivity index (χ2n) is 11.0. The van der Waals surface area contributed by atoms with Gasteiger partial charge < -0.3 is 19.3 Å². The van der Waals surface area contributed by atoms with Gasteiger partial charge in [0.25, 0.3) is 0 Å². The number of hydrogen-bond acceptors (Lipinski definition) is 6. The third-order valence-corrected chi connectivity index (χ3v) is 9.24. The van der Waals surface area contributed by atoms with Crippen molar-refractivity contribution < 1.29 is 32.5 Å². The third kappa shape index (κ3) is 3.92. The van der Waals surface area contributed by atoms with E-state index in [1.165, 1.54) is 6.08 Å². The summed E-state index contributed by atoms with van der Waals surface area (Å²) < 4.78 is 59.1. The number of benzene rings is 1. The van der Waals surface area contributed by atoms with Gasteiger partial charge in [-0.25, -0.2) is 0 Å². The Morgan fingerprint density at radius 3 is 2.49 bits per heavy atom. The van der Waals surface area contributed by atoms with Crippen molar-refractivity contribution >= 4 is 0 Å². The van der Waals surface area contributed by atoms with Gasteiger partial charge in [-0.05, 0) is 30.9 Å². The molecule has 5 atom stereocenters. The molecule has 1 aromatic carbocycles. The number of allylic oxidation sites excluding steroid dienone is 3. The summed E-state index contributed by atoms with van der Waals surface area (Å²) in [5.41, 5.74) is -0.276. The predicted molar refractivity (Wildman–Crippen MR) is 139 cm³/mol. The Labute approximate surface area is 226 Å². The first-order valence-corrected chi connectivity index (χ1v) is 13.4. The number of hydrogen-bond donors (Lipinski definition) is 1. The smallest absolute Gasteiger partial charge is 0.412 e. The van der Waals surface area contributed by atoms with Crippen LogP contribution in [-0.2, 0) is 10.2 Å². The zero-order chi connectivity index (χ0) is 27.4. The molecule has 1 aromatic heterocycles. The fourth-order valence-corrected chi connectivity index (χ4v) is 7.51. The molecule has 1 saturated heterocycles. The van der Waals surface area contributed by atoms with E-state index in [1.807, 2.05) is 37.3 Å². The molecule has 2 aliphatic heterocycles. The number of halogens is 3. The van der Waals surface area contributed by atoms with Crippen LogP contribution in [0, 0.1) is 5.92 Å². The summed E-state index contributed by atoms with van der Waals surface area (Å²) in [5.74, 6) is 0.381. The number of rotatable bonds is 5. The molecule has 9 heteroatoms. The maximum atomic E-state index is 13.6. The second kappa shape index (κ2) is 9.64. The van der Waals surface area contributed by atoms with Crippen molar-refractivity contribution in [3.63, 3.8) is 0 Å². The molecule has 2 fully saturated rings. The first kappa shape index (κ1) is 26.3. The molecule has 0 unspecified atom stereocenters. The molecule has 208 valence electrons. The molecule has 0 spiro atoms. The molecule has 0 amide bonds. The molecular weight excluding hydrogens is 509 g/mol. The van der Waals surface area contributed by atoms with Crippen molar-refractivity contribution in [2.45, 2.75) is 49.0 Å². The highest BCUT2D eigenvalue weighted by atomic mass is 19.4. The van der Waals surface area contributed by atoms with Gasteiger partial charge in [0.05, 0.1) is 49.8 Å². The number of pyridine rings is 1. The van der Waals surface area contributed by atoms with Crippen LogP contribution in [0.5, 0.6) is 11.5 Å². The van der Waals surface area contributed by atoms with Crippen molar-refractivity contribution in [1.29, 1.82) is 0 Å². The van der Waals surface area contributed by atoms with E-state index < -0.39 is 28.9 Å². The minimum Gasteiger partial charge on any atom is -0.495 e. The Balaban J connectivity index is 1.58. The molecule has 1 N–H and O–H groups in total. The molecule has 6 rings (SSSR count). The highest BCUT2D eigenvalue weighted by molar-refractivity contribution is 5.62. The lowest BCUT2D eigenvalue weighted by Crippen LogP contribution is -2.54. The third-order valence-electron chi connectivity index (χ3n) is 9.24. The first-order chi connectivity index (χ1) is 18.7. The van der Waals surface area contributed by atoms with E-state index in [4.69, 9.17) is 14.2 Å². The fourth-order valence-electron chi connectivity index (χ4n) is 7.51. The monoisotopic (exact) mass is 542 g/mol. The highest BCUT2D eigenvalue weighted by Crippen LogP contribution is 2.69. The standard InChI is InChI=1S/C30H33F3N2O4/c1-28-26-23(37-2)16-34-17-24(26)39-29(28,20-8-10-21(11-9-20)30(31,32)33)25(19-6-4-3-5-7-19)22(27(28)36)18-35-12-14-38-15-13-35/h3-8,10,16-17,22,25,27,36H,9,11-15,18H2,1-2H3/t22-,25-,27-,28-,29+/m1/s1. The van der Waals surface area contributed by atoms with Crippen LogP contribution in [0.2, 0.25) is 0 Å². The quantitative estimate of drug-likeness (QED) is 0.586. The van der Waals surface area contributed by atoms with Gasteiger partial charge in [-0.2, -0.15) is 13.2 Å². The Kier molecular flexibility index (Phi) is 6.51. The van der Waals surface area contributed by atoms with Gasteiger partial charge >= 0.3 is 6.18 Å². The summed E-state index contributed by atoms with van der Waals surface area (Å²) in [5, 5.41) is 12.4. The van der Waals surface area contributed by atoms with Crippen molar-refractivity contribution in [3.8, 4) is 11.5 Å². The lowest BCUT2D eigenvalue weighted by Gasteiger charge is -2.44. The van der Waals surface area contributed by atoms with Gasteiger partial charge in [0, 0.05) is 37.0 Å². The SMILES string of the molecule is COc1cncc2c1[C@]1(C)[C@H](O)[C@H](CN3CCOCC3)[C@@H](c3ccccc3)[C@]1(C1=CC=C(C(F)(F)F)CC1)O2. The van der Waals surface area contributed by atoms with Gasteiger partial charge in [0.1, 0.15) is 17.1 Å². The van der Waals surface area contributed by atoms with Crippen LogP contribution >= 0.6 is 0 Å². The van der Waals surface area contributed by atoms with Crippen LogP contribution in [0.25, 0.3) is 0 Å². The van der Waals surface area contributed by atoms with E-state index in [1.54, 1.807) is 25.6 Å². The van der Waals surface area contributed by atoms with Crippen molar-refractivity contribution in [2.75, 3.05) is 40.0 Å². The van der Waals surface area contributed by atoms with Crippen LogP contribution in [0.3, 0.4) is 0 Å². The molecule has 2 aromatic rings. The number of morpholine rings is 1. The summed E-state index contributed by atoms with van der Waals surface area (Å²) in [6, 6.07) is 9.90. The number of aliphatic hydroxyl groups is 1. The summed E-state index contributed by atoms with van der Waals surface area (Å²) in [7, 11) is 1.56. The molecule has 0 radical (unpaired) electrons. The molecule has 1 saturated carbocycles. The molecule has 0 bridgehead atoms. The number of aliphatic hydroxyl groups excluding tert-OH is 1. The second-order valence-corrected chi connectivity index (χ2v) is 11.0. The molecule has 3 heterocycles. The van der Waals surface area contributed by atoms with Gasteiger partial charge in [0.15, 0.2) is 0 Å². The Morgan fingerprint density at radius 1 is 1.10 bits per heavy atom. The lowest BCUT2D eigenvalue weighted by molar-refractivity contribution is -0.0944. The Morgan fingerprint density at radius 2 is 1.85 bits per heavy atom. The summed E-state index contributed by atoms with van der Waals surface area (Å²) in [6.45, 7) is 5.32. The Bertz CT molecular complexity index is 1290. The van der Waals surface area contributed by atoms with Crippen LogP contribution in [0.1, 0.15) is 36.8 Å². The maximum Gasteiger partial charge on any atom is 0.412 e. The molecule has 39 heavy (non-hydrogen) atoms. The van der Waals surface area contributed by atoms with Gasteiger partial charge in [-0.3, -0.25) is 9.88 Å². The van der Waals surface area contributed by atoms with E-state index in [0.29, 0.717) is 36.8 Å². The van der Waals surface area contributed by atoms with Crippen LogP contribution in [0.15, 0.2) is 66.0 Å². The molecule has 6 nitrogen and oxygen atoms in total. The van der Waals surface area contributed by atoms with Gasteiger partial charge in [0.2, 0.25) is 0 Å². The summed E-state index contributed by atoms with van der Waals surface area (Å²) in [6.07, 6.45) is 0.754. The van der Waals surface area contributed by atoms with Crippen LogP contribution in [-0.4, -0.2) is 72.8 Å². The zero-order valence-corrected chi connectivity index (χ0v) is 22.1. The van der Waals surface area contributed by atoms with E-state index in [2.05, 4.69) is 9.88 Å². The van der Waals surface area contributed by atoms with Crippen molar-refractivity contribution in [1.82, 2.24) is 9.88 Å². The normalized spacial score (nSPS) is 32.6. The zero-order valence-electron chi connectivity index (χ0n) is 22.1. The van der Waals surface area contributed by atoms with E-state index >= 15 is 0 Å². The average Bonchev–Trinajstić information content (AvgIpc) is 3.32. The highest BCUT2D eigenvalue weighted by Gasteiger charge is 2.75. The van der Waals surface area contributed by atoms with Gasteiger partial charge in [-0.1, -0.05) is 42.5 Å². The fraction of sp³-hybridized carbons (Fsp3) is 0.500. The van der Waals surface area contributed by atoms with Gasteiger partial charge in [-0.15, -0.1) is 0 Å². The summed E-state index contributed by atoms with van der Waals surface area (Å²) >= 11 is 0. The topological polar surface area (TPSA) is 64.1 Å². The molecule has 2 aliphatic carbocycles. The number of methoxy groups -OCH3 is 1. The molecular formula is C30H33F3N2O4. The number of aromatic nitrogens is 1. The number of alkyl halides is 3. The number of nitrogens with zero attached hydrogens (tertiary/aromatic N) is 2. The summed E-state index contributed by atoms with van der Waals surface area (Å²) in [4.78, 5) is 6.61. The van der Waals surface area contributed by atoms with Crippen molar-refractivity contribution in [2.24, 2.45) is 5.92 Å². The Hall–Kier alpha value is -2.88. The van der Waals surface area contributed by atoms with E-state index in [9.17, 15) is 18.3 Å². The largest absolute Gasteiger partial charge is 0.495 e. The van der Waals surface area contributed by atoms with E-state index in [-0.39, 0.29) is 24.7 Å². The minimum atomic E-state index is -4.39. The van der Waals surface area contributed by atoms with Crippen molar-refractivity contribution in [3.05, 3.63) is 77.2 Å².